The van der Waals surface area contributed by atoms with Crippen molar-refractivity contribution in [3.05, 3.63) is 0 Å². The second-order valence-corrected chi connectivity index (χ2v) is 6.26. The molecular formula is C16H30N2O2. The molecule has 0 bridgehead atoms. The van der Waals surface area contributed by atoms with Gasteiger partial charge in [0.15, 0.2) is 0 Å². The lowest BCUT2D eigenvalue weighted by Crippen LogP contribution is -2.48. The van der Waals surface area contributed by atoms with Gasteiger partial charge in [0.2, 0.25) is 5.91 Å². The molecule has 0 aromatic carbocycles. The first kappa shape index (κ1) is 15.8. The van der Waals surface area contributed by atoms with E-state index >= 15 is 0 Å². The summed E-state index contributed by atoms with van der Waals surface area (Å²) >= 11 is 0. The minimum Gasteiger partial charge on any atom is -0.379 e. The number of hydrogen-bond acceptors (Lipinski definition) is 3. The molecule has 2 saturated heterocycles. The van der Waals surface area contributed by atoms with Gasteiger partial charge in [0.05, 0.1) is 19.1 Å². The molecule has 4 heteroatoms. The van der Waals surface area contributed by atoms with Crippen LogP contribution in [0.5, 0.6) is 0 Å². The molecule has 0 radical (unpaired) electrons. The highest BCUT2D eigenvalue weighted by Gasteiger charge is 2.37. The van der Waals surface area contributed by atoms with Gasteiger partial charge in [0.25, 0.3) is 0 Å². The number of rotatable bonds is 6. The number of nitrogens with zero attached hydrogens (tertiary/aromatic N) is 1. The van der Waals surface area contributed by atoms with Crippen LogP contribution in [0, 0.1) is 11.8 Å². The molecule has 116 valence electrons. The van der Waals surface area contributed by atoms with Crippen molar-refractivity contribution >= 4 is 5.91 Å². The first-order valence-corrected chi connectivity index (χ1v) is 8.36. The molecule has 4 nitrogen and oxygen atoms in total. The number of likely N-dealkylation sites (tertiary alicyclic amines) is 1. The summed E-state index contributed by atoms with van der Waals surface area (Å²) in [6.45, 7) is 8.53. The van der Waals surface area contributed by atoms with Crippen LogP contribution in [-0.2, 0) is 9.53 Å². The molecule has 0 aromatic rings. The maximum atomic E-state index is 12.6. The normalized spacial score (nSPS) is 28.0. The van der Waals surface area contributed by atoms with Gasteiger partial charge in [-0.15, -0.1) is 0 Å². The van der Waals surface area contributed by atoms with E-state index in [4.69, 9.17) is 4.74 Å². The van der Waals surface area contributed by atoms with Crippen LogP contribution in [0.2, 0.25) is 0 Å². The van der Waals surface area contributed by atoms with Gasteiger partial charge in [-0.25, -0.2) is 0 Å². The quantitative estimate of drug-likeness (QED) is 0.810. The Labute approximate surface area is 123 Å². The SMILES string of the molecule is CCCNC1COCC1C(=O)N1CCC(CCC)CC1. The Morgan fingerprint density at radius 1 is 1.20 bits per heavy atom. The average molecular weight is 282 g/mol. The molecule has 2 fully saturated rings. The maximum absolute atomic E-state index is 12.6. The summed E-state index contributed by atoms with van der Waals surface area (Å²) in [5.74, 6) is 1.17. The number of carbonyl (C=O) groups is 1. The number of carbonyl (C=O) groups excluding carboxylic acids is 1. The third kappa shape index (κ3) is 3.95. The van der Waals surface area contributed by atoms with Crippen LogP contribution in [0.3, 0.4) is 0 Å². The molecule has 0 aliphatic carbocycles. The van der Waals surface area contributed by atoms with Gasteiger partial charge < -0.3 is 15.0 Å². The standard InChI is InChI=1S/C16H30N2O2/c1-3-5-13-6-9-18(10-7-13)16(19)14-11-20-12-15(14)17-8-4-2/h13-15,17H,3-12H2,1-2H3. The number of piperidine rings is 1. The summed E-state index contributed by atoms with van der Waals surface area (Å²) in [6, 6.07) is 0.218. The fourth-order valence-electron chi connectivity index (χ4n) is 3.41. The van der Waals surface area contributed by atoms with Crippen LogP contribution in [-0.4, -0.2) is 49.7 Å². The Hall–Kier alpha value is -0.610. The second-order valence-electron chi connectivity index (χ2n) is 6.26. The Morgan fingerprint density at radius 2 is 1.95 bits per heavy atom. The van der Waals surface area contributed by atoms with E-state index in [1.165, 1.54) is 25.7 Å². The van der Waals surface area contributed by atoms with Crippen LogP contribution in [0.4, 0.5) is 0 Å². The van der Waals surface area contributed by atoms with Crippen LogP contribution in [0.15, 0.2) is 0 Å². The van der Waals surface area contributed by atoms with Crippen molar-refractivity contribution in [2.75, 3.05) is 32.8 Å². The number of amides is 1. The van der Waals surface area contributed by atoms with E-state index in [0.29, 0.717) is 19.1 Å². The predicted octanol–water partition coefficient (Wildman–Crippen LogP) is 2.04. The molecule has 2 rings (SSSR count). The fourth-order valence-corrected chi connectivity index (χ4v) is 3.41. The highest BCUT2D eigenvalue weighted by Crippen LogP contribution is 2.24. The fraction of sp³-hybridized carbons (Fsp3) is 0.938. The third-order valence-electron chi connectivity index (χ3n) is 4.68. The number of nitrogens with one attached hydrogen (secondary N) is 1. The second kappa shape index (κ2) is 7.99. The Morgan fingerprint density at radius 3 is 2.60 bits per heavy atom. The molecule has 0 spiro atoms. The van der Waals surface area contributed by atoms with E-state index < -0.39 is 0 Å². The molecule has 1 amide bonds. The summed E-state index contributed by atoms with van der Waals surface area (Å²) in [6.07, 6.45) is 6.04. The zero-order valence-corrected chi connectivity index (χ0v) is 13.1. The predicted molar refractivity (Wildman–Crippen MR) is 80.6 cm³/mol. The van der Waals surface area contributed by atoms with Crippen molar-refractivity contribution in [2.45, 2.75) is 52.0 Å². The summed E-state index contributed by atoms with van der Waals surface area (Å²) in [7, 11) is 0. The number of hydrogen-bond donors (Lipinski definition) is 1. The third-order valence-corrected chi connectivity index (χ3v) is 4.68. The first-order chi connectivity index (χ1) is 9.76. The smallest absolute Gasteiger partial charge is 0.229 e. The molecule has 2 aliphatic heterocycles. The van der Waals surface area contributed by atoms with Gasteiger partial charge in [-0.1, -0.05) is 26.7 Å². The molecule has 20 heavy (non-hydrogen) atoms. The van der Waals surface area contributed by atoms with Crippen molar-refractivity contribution < 1.29 is 9.53 Å². The summed E-state index contributed by atoms with van der Waals surface area (Å²) in [5.41, 5.74) is 0. The summed E-state index contributed by atoms with van der Waals surface area (Å²) in [4.78, 5) is 14.7. The van der Waals surface area contributed by atoms with E-state index in [-0.39, 0.29) is 12.0 Å². The zero-order chi connectivity index (χ0) is 14.4. The van der Waals surface area contributed by atoms with E-state index in [2.05, 4.69) is 24.1 Å². The molecule has 2 heterocycles. The van der Waals surface area contributed by atoms with Crippen LogP contribution < -0.4 is 5.32 Å². The Bertz CT molecular complexity index is 301. The van der Waals surface area contributed by atoms with E-state index in [9.17, 15) is 4.79 Å². The molecule has 0 saturated carbocycles. The van der Waals surface area contributed by atoms with Gasteiger partial charge in [-0.05, 0) is 31.7 Å². The lowest BCUT2D eigenvalue weighted by molar-refractivity contribution is -0.137. The lowest BCUT2D eigenvalue weighted by atomic mass is 9.91. The minimum atomic E-state index is 0.0317. The first-order valence-electron chi connectivity index (χ1n) is 8.36. The van der Waals surface area contributed by atoms with Crippen LogP contribution in [0.1, 0.15) is 46.0 Å². The highest BCUT2D eigenvalue weighted by molar-refractivity contribution is 5.80. The van der Waals surface area contributed by atoms with E-state index in [0.717, 1.165) is 32.0 Å². The van der Waals surface area contributed by atoms with Gasteiger partial charge in [-0.2, -0.15) is 0 Å². The van der Waals surface area contributed by atoms with Crippen molar-refractivity contribution in [2.24, 2.45) is 11.8 Å². The average Bonchev–Trinajstić information content (AvgIpc) is 2.94. The van der Waals surface area contributed by atoms with Gasteiger partial charge in [-0.3, -0.25) is 4.79 Å². The van der Waals surface area contributed by atoms with Crippen molar-refractivity contribution in [1.29, 1.82) is 0 Å². The van der Waals surface area contributed by atoms with Gasteiger partial charge in [0, 0.05) is 19.1 Å². The minimum absolute atomic E-state index is 0.0317. The lowest BCUT2D eigenvalue weighted by Gasteiger charge is -2.34. The van der Waals surface area contributed by atoms with Crippen LogP contribution in [0.25, 0.3) is 0 Å². The highest BCUT2D eigenvalue weighted by atomic mass is 16.5. The molecule has 0 aromatic heterocycles. The maximum Gasteiger partial charge on any atom is 0.229 e. The van der Waals surface area contributed by atoms with Gasteiger partial charge >= 0.3 is 0 Å². The molecule has 2 atom stereocenters. The van der Waals surface area contributed by atoms with Gasteiger partial charge in [0.1, 0.15) is 0 Å². The molecule has 1 N–H and O–H groups in total. The summed E-state index contributed by atoms with van der Waals surface area (Å²) < 4.78 is 5.53. The van der Waals surface area contributed by atoms with Crippen molar-refractivity contribution in [3.63, 3.8) is 0 Å². The van der Waals surface area contributed by atoms with Crippen molar-refractivity contribution in [3.8, 4) is 0 Å². The van der Waals surface area contributed by atoms with Crippen molar-refractivity contribution in [1.82, 2.24) is 10.2 Å². The molecule has 2 unspecified atom stereocenters. The Kier molecular flexibility index (Phi) is 6.30. The largest absolute Gasteiger partial charge is 0.379 e. The molecule has 2 aliphatic rings. The monoisotopic (exact) mass is 282 g/mol. The topological polar surface area (TPSA) is 41.6 Å². The zero-order valence-electron chi connectivity index (χ0n) is 13.1. The van der Waals surface area contributed by atoms with Crippen LogP contribution >= 0.6 is 0 Å². The summed E-state index contributed by atoms with van der Waals surface area (Å²) in [5, 5.41) is 3.46. The molecular weight excluding hydrogens is 252 g/mol. The number of ether oxygens (including phenoxy) is 1. The van der Waals surface area contributed by atoms with E-state index in [1.54, 1.807) is 0 Å². The van der Waals surface area contributed by atoms with E-state index in [1.807, 2.05) is 0 Å². The Balaban J connectivity index is 1.81.